The average Bonchev–Trinajstić information content (AvgIpc) is 2.73. The molecule has 2 aromatic rings. The molecule has 1 N–H and O–H groups in total. The number of nitrogens with zero attached hydrogens (tertiary/aromatic N) is 2. The minimum absolute atomic E-state index is 0.0566. The minimum atomic E-state index is -0.510. The smallest absolute Gasteiger partial charge is 0.273 e. The zero-order valence-electron chi connectivity index (χ0n) is 16.0. The maximum Gasteiger partial charge on any atom is 0.273 e. The number of nitro benzene ring substituents is 1. The van der Waals surface area contributed by atoms with Crippen molar-refractivity contribution in [3.63, 3.8) is 0 Å². The van der Waals surface area contributed by atoms with E-state index in [0.29, 0.717) is 30.4 Å². The first kappa shape index (κ1) is 21.0. The molecule has 2 aromatic carbocycles. The summed E-state index contributed by atoms with van der Waals surface area (Å²) in [5.74, 6) is 0.0633. The van der Waals surface area contributed by atoms with Gasteiger partial charge in [0.05, 0.1) is 36.5 Å². The van der Waals surface area contributed by atoms with Crippen molar-refractivity contribution in [3.8, 4) is 5.75 Å². The lowest BCUT2D eigenvalue weighted by Crippen LogP contribution is -2.39. The van der Waals surface area contributed by atoms with E-state index < -0.39 is 4.92 Å². The van der Waals surface area contributed by atoms with Crippen LogP contribution in [0.5, 0.6) is 5.75 Å². The maximum atomic E-state index is 12.4. The van der Waals surface area contributed by atoms with Crippen LogP contribution in [-0.2, 0) is 9.53 Å². The van der Waals surface area contributed by atoms with Gasteiger partial charge in [-0.15, -0.1) is 0 Å². The lowest BCUT2D eigenvalue weighted by molar-refractivity contribution is -0.384. The van der Waals surface area contributed by atoms with E-state index in [9.17, 15) is 14.9 Å². The molecule has 1 amide bonds. The molecule has 1 saturated heterocycles. The Morgan fingerprint density at radius 2 is 2.10 bits per heavy atom. The lowest BCUT2D eigenvalue weighted by Gasteiger charge is -2.33. The van der Waals surface area contributed by atoms with Crippen molar-refractivity contribution in [2.75, 3.05) is 38.7 Å². The Labute approximate surface area is 173 Å². The molecule has 0 radical (unpaired) electrons. The lowest BCUT2D eigenvalue weighted by atomic mass is 10.1. The fourth-order valence-electron chi connectivity index (χ4n) is 3.15. The number of carbonyl (C=O) groups is 1. The average molecular weight is 420 g/mol. The summed E-state index contributed by atoms with van der Waals surface area (Å²) in [4.78, 5) is 24.9. The standard InChI is InChI=1S/C20H22ClN3O5/c1-28-18-12-16(24(26)27)6-7-17(18)22-20(25)8-9-23-10-11-29-19(13-23)14-2-4-15(21)5-3-14/h2-7,12,19H,8-11,13H2,1H3,(H,22,25). The van der Waals surface area contributed by atoms with E-state index in [1.807, 2.05) is 24.3 Å². The minimum Gasteiger partial charge on any atom is -0.494 e. The Balaban J connectivity index is 1.54. The Hall–Kier alpha value is -2.68. The van der Waals surface area contributed by atoms with Crippen LogP contribution in [0.3, 0.4) is 0 Å². The van der Waals surface area contributed by atoms with Gasteiger partial charge in [0.15, 0.2) is 0 Å². The molecule has 3 rings (SSSR count). The number of halogens is 1. The fraction of sp³-hybridized carbons (Fsp3) is 0.350. The first-order valence-electron chi connectivity index (χ1n) is 9.18. The zero-order chi connectivity index (χ0) is 20.8. The summed E-state index contributed by atoms with van der Waals surface area (Å²) in [6, 6.07) is 11.7. The number of nitrogens with one attached hydrogen (secondary N) is 1. The predicted molar refractivity (Wildman–Crippen MR) is 109 cm³/mol. The van der Waals surface area contributed by atoms with Crippen LogP contribution in [-0.4, -0.2) is 49.1 Å². The number of ether oxygens (including phenoxy) is 2. The molecule has 0 saturated carbocycles. The first-order chi connectivity index (χ1) is 14.0. The van der Waals surface area contributed by atoms with E-state index >= 15 is 0 Å². The number of morpholine rings is 1. The molecule has 0 spiro atoms. The van der Waals surface area contributed by atoms with Crippen molar-refractivity contribution >= 4 is 28.9 Å². The number of hydrogen-bond acceptors (Lipinski definition) is 6. The second-order valence-electron chi connectivity index (χ2n) is 6.65. The van der Waals surface area contributed by atoms with Gasteiger partial charge in [0.25, 0.3) is 5.69 Å². The van der Waals surface area contributed by atoms with Crippen LogP contribution >= 0.6 is 11.6 Å². The summed E-state index contributed by atoms with van der Waals surface area (Å²) in [7, 11) is 1.40. The van der Waals surface area contributed by atoms with Gasteiger partial charge in [-0.3, -0.25) is 19.8 Å². The van der Waals surface area contributed by atoms with E-state index in [-0.39, 0.29) is 29.9 Å². The molecule has 29 heavy (non-hydrogen) atoms. The van der Waals surface area contributed by atoms with Crippen molar-refractivity contribution in [3.05, 3.63) is 63.2 Å². The van der Waals surface area contributed by atoms with Crippen LogP contribution in [0.4, 0.5) is 11.4 Å². The van der Waals surface area contributed by atoms with Gasteiger partial charge < -0.3 is 14.8 Å². The van der Waals surface area contributed by atoms with Crippen molar-refractivity contribution < 1.29 is 19.2 Å². The molecule has 1 unspecified atom stereocenters. The summed E-state index contributed by atoms with van der Waals surface area (Å²) in [5.41, 5.74) is 1.37. The molecular weight excluding hydrogens is 398 g/mol. The zero-order valence-corrected chi connectivity index (χ0v) is 16.7. The Kier molecular flexibility index (Phi) is 7.03. The molecule has 8 nitrogen and oxygen atoms in total. The van der Waals surface area contributed by atoms with Crippen LogP contribution in [0.25, 0.3) is 0 Å². The fourth-order valence-corrected chi connectivity index (χ4v) is 3.28. The van der Waals surface area contributed by atoms with E-state index in [1.165, 1.54) is 25.3 Å². The molecule has 1 fully saturated rings. The predicted octanol–water partition coefficient (Wildman–Crippen LogP) is 3.66. The van der Waals surface area contributed by atoms with Gasteiger partial charge in [-0.25, -0.2) is 0 Å². The number of hydrogen-bond donors (Lipinski definition) is 1. The molecule has 1 atom stereocenters. The summed E-state index contributed by atoms with van der Waals surface area (Å²) in [5, 5.41) is 14.3. The third kappa shape index (κ3) is 5.66. The van der Waals surface area contributed by atoms with E-state index in [1.54, 1.807) is 0 Å². The summed E-state index contributed by atoms with van der Waals surface area (Å²) in [6.45, 7) is 2.60. The van der Waals surface area contributed by atoms with Crippen molar-refractivity contribution in [2.24, 2.45) is 0 Å². The van der Waals surface area contributed by atoms with Gasteiger partial charge in [-0.2, -0.15) is 0 Å². The van der Waals surface area contributed by atoms with Crippen molar-refractivity contribution in [1.29, 1.82) is 0 Å². The van der Waals surface area contributed by atoms with E-state index in [2.05, 4.69) is 10.2 Å². The van der Waals surface area contributed by atoms with Gasteiger partial charge in [0, 0.05) is 37.1 Å². The van der Waals surface area contributed by atoms with Gasteiger partial charge in [0.1, 0.15) is 5.75 Å². The molecule has 9 heteroatoms. The van der Waals surface area contributed by atoms with Gasteiger partial charge >= 0.3 is 0 Å². The highest BCUT2D eigenvalue weighted by atomic mass is 35.5. The largest absolute Gasteiger partial charge is 0.494 e. The van der Waals surface area contributed by atoms with E-state index in [0.717, 1.165) is 12.1 Å². The van der Waals surface area contributed by atoms with E-state index in [4.69, 9.17) is 21.1 Å². The Bertz CT molecular complexity index is 875. The SMILES string of the molecule is COc1cc([N+](=O)[O-])ccc1NC(=O)CCN1CCOC(c2ccc(Cl)cc2)C1. The number of nitro groups is 1. The third-order valence-electron chi connectivity index (χ3n) is 4.72. The number of methoxy groups -OCH3 is 1. The highest BCUT2D eigenvalue weighted by Gasteiger charge is 2.22. The summed E-state index contributed by atoms with van der Waals surface area (Å²) < 4.78 is 11.0. The van der Waals surface area contributed by atoms with Crippen LogP contribution in [0, 0.1) is 10.1 Å². The molecule has 0 aromatic heterocycles. The second kappa shape index (κ2) is 9.69. The monoisotopic (exact) mass is 419 g/mol. The number of amides is 1. The van der Waals surface area contributed by atoms with Gasteiger partial charge in [-0.05, 0) is 23.8 Å². The quantitative estimate of drug-likeness (QED) is 0.543. The van der Waals surface area contributed by atoms with Crippen LogP contribution in [0.15, 0.2) is 42.5 Å². The number of benzene rings is 2. The topological polar surface area (TPSA) is 93.9 Å². The molecule has 1 aliphatic heterocycles. The van der Waals surface area contributed by atoms with Gasteiger partial charge in [-0.1, -0.05) is 23.7 Å². The Morgan fingerprint density at radius 1 is 1.34 bits per heavy atom. The molecule has 154 valence electrons. The maximum absolute atomic E-state index is 12.4. The summed E-state index contributed by atoms with van der Waals surface area (Å²) >= 11 is 5.94. The first-order valence-corrected chi connectivity index (χ1v) is 9.56. The number of carbonyl (C=O) groups excluding carboxylic acids is 1. The van der Waals surface area contributed by atoms with Crippen LogP contribution in [0.1, 0.15) is 18.1 Å². The Morgan fingerprint density at radius 3 is 2.79 bits per heavy atom. The number of rotatable bonds is 7. The summed E-state index contributed by atoms with van der Waals surface area (Å²) in [6.07, 6.45) is 0.229. The van der Waals surface area contributed by atoms with Crippen LogP contribution in [0.2, 0.25) is 5.02 Å². The van der Waals surface area contributed by atoms with Crippen molar-refractivity contribution in [1.82, 2.24) is 4.90 Å². The molecule has 1 aliphatic rings. The molecule has 1 heterocycles. The third-order valence-corrected chi connectivity index (χ3v) is 4.97. The normalized spacial score (nSPS) is 17.0. The highest BCUT2D eigenvalue weighted by Crippen LogP contribution is 2.29. The number of non-ortho nitro benzene ring substituents is 1. The number of anilines is 1. The van der Waals surface area contributed by atoms with Gasteiger partial charge in [0.2, 0.25) is 5.91 Å². The van der Waals surface area contributed by atoms with Crippen molar-refractivity contribution in [2.45, 2.75) is 12.5 Å². The molecule has 0 bridgehead atoms. The molecular formula is C20H22ClN3O5. The second-order valence-corrected chi connectivity index (χ2v) is 7.09. The highest BCUT2D eigenvalue weighted by molar-refractivity contribution is 6.30. The molecule has 0 aliphatic carbocycles. The van der Waals surface area contributed by atoms with Crippen LogP contribution < -0.4 is 10.1 Å².